The molecular weight excluding hydrogens is 398 g/mol. The van der Waals surface area contributed by atoms with Crippen LogP contribution in [0.1, 0.15) is 10.4 Å². The third-order valence-corrected chi connectivity index (χ3v) is 4.50. The number of rotatable bonds is 6. The van der Waals surface area contributed by atoms with Crippen LogP contribution in [0.15, 0.2) is 83.0 Å². The molecule has 0 aliphatic carbocycles. The van der Waals surface area contributed by atoms with E-state index in [1.807, 2.05) is 60.7 Å². The second-order valence-electron chi connectivity index (χ2n) is 6.49. The first-order valence-corrected chi connectivity index (χ1v) is 9.16. The zero-order chi connectivity index (χ0) is 21.8. The number of nitro benzene ring substituents is 1. The fourth-order valence-electron chi connectivity index (χ4n) is 3.04. The van der Waals surface area contributed by atoms with E-state index in [2.05, 4.69) is 20.2 Å². The van der Waals surface area contributed by atoms with Gasteiger partial charge in [0.1, 0.15) is 11.4 Å². The zero-order valence-corrected chi connectivity index (χ0v) is 16.0. The number of nitrogens with one attached hydrogen (secondary N) is 1. The first kappa shape index (κ1) is 19.6. The monoisotopic (exact) mass is 413 g/mol. The third kappa shape index (κ3) is 4.06. The highest BCUT2D eigenvalue weighted by atomic mass is 16.6. The van der Waals surface area contributed by atoms with Crippen molar-refractivity contribution in [2.24, 2.45) is 10.2 Å². The maximum absolute atomic E-state index is 11.2. The average molecular weight is 413 g/mol. The first-order chi connectivity index (χ1) is 15.1. The Morgan fingerprint density at radius 1 is 0.968 bits per heavy atom. The number of H-pyrrole nitrogens is 1. The van der Waals surface area contributed by atoms with Gasteiger partial charge in [-0.3, -0.25) is 14.9 Å². The molecule has 0 saturated carbocycles. The van der Waals surface area contributed by atoms with Crippen LogP contribution < -0.4 is 0 Å². The van der Waals surface area contributed by atoms with E-state index in [1.54, 1.807) is 0 Å². The van der Waals surface area contributed by atoms with Gasteiger partial charge in [0.25, 0.3) is 5.69 Å². The smallest absolute Gasteiger partial charge is 0.283 e. The van der Waals surface area contributed by atoms with Crippen LogP contribution in [0.3, 0.4) is 0 Å². The summed E-state index contributed by atoms with van der Waals surface area (Å²) in [5.41, 5.74) is 2.36. The number of nitro groups is 1. The van der Waals surface area contributed by atoms with Gasteiger partial charge in [-0.2, -0.15) is 0 Å². The van der Waals surface area contributed by atoms with Crippen LogP contribution in [0, 0.1) is 10.1 Å². The van der Waals surface area contributed by atoms with E-state index in [0.29, 0.717) is 12.0 Å². The molecule has 0 saturated heterocycles. The zero-order valence-electron chi connectivity index (χ0n) is 16.0. The Hall–Kier alpha value is -4.66. The Kier molecular flexibility index (Phi) is 5.31. The summed E-state index contributed by atoms with van der Waals surface area (Å²) in [6.45, 7) is 0. The van der Waals surface area contributed by atoms with Crippen LogP contribution in [0.4, 0.5) is 17.3 Å². The number of carbonyl (C=O) groups is 1. The summed E-state index contributed by atoms with van der Waals surface area (Å²) in [5, 5.41) is 29.0. The highest BCUT2D eigenvalue weighted by molar-refractivity contribution is 5.84. The summed E-state index contributed by atoms with van der Waals surface area (Å²) in [6.07, 6.45) is 0.324. The third-order valence-electron chi connectivity index (χ3n) is 4.50. The fraction of sp³-hybridized carbons (Fsp3) is 0. The Morgan fingerprint density at radius 3 is 2.23 bits per heavy atom. The van der Waals surface area contributed by atoms with Gasteiger partial charge in [0, 0.05) is 11.1 Å². The van der Waals surface area contributed by atoms with E-state index in [-0.39, 0.29) is 17.2 Å². The SMILES string of the molecule is O=Cc1cc(N=Nc2nc(-c3ccccc3)c(-c3ccccc3)[nH]2)c(O)cc1[N+](=O)[O-]. The van der Waals surface area contributed by atoms with Crippen LogP contribution in [0.25, 0.3) is 22.5 Å². The number of hydrogen-bond acceptors (Lipinski definition) is 7. The summed E-state index contributed by atoms with van der Waals surface area (Å²) in [7, 11) is 0. The summed E-state index contributed by atoms with van der Waals surface area (Å²) >= 11 is 0. The maximum atomic E-state index is 11.2. The molecule has 0 amide bonds. The summed E-state index contributed by atoms with van der Waals surface area (Å²) < 4.78 is 0. The van der Waals surface area contributed by atoms with Crippen molar-refractivity contribution in [2.45, 2.75) is 0 Å². The van der Waals surface area contributed by atoms with Crippen LogP contribution in [-0.2, 0) is 0 Å². The average Bonchev–Trinajstić information content (AvgIpc) is 3.23. The highest BCUT2D eigenvalue weighted by Crippen LogP contribution is 2.36. The van der Waals surface area contributed by atoms with E-state index < -0.39 is 16.4 Å². The van der Waals surface area contributed by atoms with Gasteiger partial charge in [-0.1, -0.05) is 60.7 Å². The van der Waals surface area contributed by atoms with Gasteiger partial charge in [0.05, 0.1) is 27.9 Å². The largest absolute Gasteiger partial charge is 0.505 e. The van der Waals surface area contributed by atoms with Crippen molar-refractivity contribution in [2.75, 3.05) is 0 Å². The Morgan fingerprint density at radius 2 is 1.61 bits per heavy atom. The van der Waals surface area contributed by atoms with Gasteiger partial charge in [0.2, 0.25) is 5.95 Å². The Balaban J connectivity index is 1.76. The summed E-state index contributed by atoms with van der Waals surface area (Å²) in [6, 6.07) is 21.1. The number of aromatic hydroxyl groups is 1. The van der Waals surface area contributed by atoms with Gasteiger partial charge in [0.15, 0.2) is 6.29 Å². The minimum absolute atomic E-state index is 0.0911. The number of carbonyl (C=O) groups excluding carboxylic acids is 1. The molecule has 0 fully saturated rings. The topological polar surface area (TPSA) is 134 Å². The molecule has 152 valence electrons. The minimum atomic E-state index is -0.755. The molecule has 1 heterocycles. The number of azo groups is 1. The highest BCUT2D eigenvalue weighted by Gasteiger charge is 2.18. The molecule has 4 aromatic rings. The fourth-order valence-corrected chi connectivity index (χ4v) is 3.04. The Labute approximate surface area is 175 Å². The lowest BCUT2D eigenvalue weighted by Gasteiger charge is -2.02. The maximum Gasteiger partial charge on any atom is 0.283 e. The van der Waals surface area contributed by atoms with Crippen molar-refractivity contribution < 1.29 is 14.8 Å². The number of nitrogens with zero attached hydrogens (tertiary/aromatic N) is 4. The van der Waals surface area contributed by atoms with Crippen molar-refractivity contribution in [1.82, 2.24) is 9.97 Å². The molecule has 9 heteroatoms. The lowest BCUT2D eigenvalue weighted by atomic mass is 10.1. The van der Waals surface area contributed by atoms with E-state index in [1.165, 1.54) is 0 Å². The van der Waals surface area contributed by atoms with E-state index in [9.17, 15) is 20.0 Å². The number of aromatic nitrogens is 2. The molecule has 31 heavy (non-hydrogen) atoms. The molecule has 0 spiro atoms. The molecule has 0 radical (unpaired) electrons. The number of hydrogen-bond donors (Lipinski definition) is 2. The molecule has 1 aromatic heterocycles. The number of imidazole rings is 1. The molecule has 0 aliphatic heterocycles. The minimum Gasteiger partial charge on any atom is -0.505 e. The molecule has 0 bridgehead atoms. The molecule has 3 aromatic carbocycles. The van der Waals surface area contributed by atoms with Crippen molar-refractivity contribution in [3.05, 3.63) is 88.5 Å². The molecule has 9 nitrogen and oxygen atoms in total. The number of aromatic amines is 1. The predicted octanol–water partition coefficient (Wildman–Crippen LogP) is 5.59. The standard InChI is InChI=1S/C22H15N5O4/c28-13-16-11-17(19(29)12-18(16)27(30)31)25-26-22-23-20(14-7-3-1-4-8-14)21(24-22)15-9-5-2-6-10-15/h1-13,29H,(H,23,24). The molecule has 4 rings (SSSR count). The Bertz CT molecular complexity index is 1230. The van der Waals surface area contributed by atoms with Crippen molar-refractivity contribution in [3.8, 4) is 28.3 Å². The second kappa shape index (κ2) is 8.37. The lowest BCUT2D eigenvalue weighted by molar-refractivity contribution is -0.385. The number of phenols is 1. The first-order valence-electron chi connectivity index (χ1n) is 9.16. The normalized spacial score (nSPS) is 11.0. The van der Waals surface area contributed by atoms with Crippen molar-refractivity contribution in [3.63, 3.8) is 0 Å². The van der Waals surface area contributed by atoms with Crippen molar-refractivity contribution >= 4 is 23.6 Å². The van der Waals surface area contributed by atoms with Crippen LogP contribution in [0.2, 0.25) is 0 Å². The van der Waals surface area contributed by atoms with Gasteiger partial charge < -0.3 is 10.1 Å². The summed E-state index contributed by atoms with van der Waals surface area (Å²) in [5.74, 6) is -0.303. The molecular formula is C22H15N5O4. The molecule has 0 atom stereocenters. The van der Waals surface area contributed by atoms with E-state index in [4.69, 9.17) is 0 Å². The quantitative estimate of drug-likeness (QED) is 0.184. The number of aldehydes is 1. The van der Waals surface area contributed by atoms with E-state index in [0.717, 1.165) is 29.0 Å². The number of phenolic OH excluding ortho intramolecular Hbond substituents is 1. The van der Waals surface area contributed by atoms with Crippen LogP contribution in [-0.4, -0.2) is 26.3 Å². The summed E-state index contributed by atoms with van der Waals surface area (Å²) in [4.78, 5) is 29.0. The second-order valence-corrected chi connectivity index (χ2v) is 6.49. The molecule has 0 unspecified atom stereocenters. The molecule has 2 N–H and O–H groups in total. The van der Waals surface area contributed by atoms with Gasteiger partial charge in [-0.05, 0) is 6.07 Å². The van der Waals surface area contributed by atoms with Gasteiger partial charge >= 0.3 is 0 Å². The molecule has 0 aliphatic rings. The van der Waals surface area contributed by atoms with Gasteiger partial charge in [-0.15, -0.1) is 10.2 Å². The van der Waals surface area contributed by atoms with Crippen LogP contribution in [0.5, 0.6) is 5.75 Å². The lowest BCUT2D eigenvalue weighted by Crippen LogP contribution is -1.93. The van der Waals surface area contributed by atoms with Gasteiger partial charge in [-0.25, -0.2) is 4.98 Å². The predicted molar refractivity (Wildman–Crippen MR) is 114 cm³/mol. The van der Waals surface area contributed by atoms with E-state index >= 15 is 0 Å². The van der Waals surface area contributed by atoms with Crippen molar-refractivity contribution in [1.29, 1.82) is 0 Å². The number of benzene rings is 3. The van der Waals surface area contributed by atoms with Crippen LogP contribution >= 0.6 is 0 Å².